The first-order valence-corrected chi connectivity index (χ1v) is 7.26. The number of hydrogen-bond donors (Lipinski definition) is 0. The van der Waals surface area contributed by atoms with E-state index in [0.717, 1.165) is 5.56 Å². The highest BCUT2D eigenvalue weighted by Crippen LogP contribution is 2.24. The maximum absolute atomic E-state index is 11.9. The monoisotopic (exact) mass is 261 g/mol. The summed E-state index contributed by atoms with van der Waals surface area (Å²) in [6, 6.07) is 12.4. The normalized spacial score (nSPS) is 16.4. The maximum Gasteiger partial charge on any atom is 0.252 e. The van der Waals surface area contributed by atoms with Crippen LogP contribution in [0.5, 0.6) is 0 Å². The molecule has 3 rings (SSSR count). The summed E-state index contributed by atoms with van der Waals surface area (Å²) in [5.74, 6) is 0.0144. The Morgan fingerprint density at radius 2 is 1.72 bits per heavy atom. The van der Waals surface area contributed by atoms with Crippen molar-refractivity contribution >= 4 is 9.84 Å². The highest BCUT2D eigenvalue weighted by Gasteiger charge is 2.27. The van der Waals surface area contributed by atoms with Crippen molar-refractivity contribution in [2.45, 2.75) is 11.6 Å². The van der Waals surface area contributed by atoms with Crippen molar-refractivity contribution in [3.8, 4) is 11.1 Å². The molecule has 18 heavy (non-hydrogen) atoms. The van der Waals surface area contributed by atoms with E-state index >= 15 is 0 Å². The number of benzene rings is 1. The lowest BCUT2D eigenvalue weighted by Gasteiger charge is -2.05. The van der Waals surface area contributed by atoms with Crippen LogP contribution in [-0.2, 0) is 16.4 Å². The van der Waals surface area contributed by atoms with Gasteiger partial charge in [-0.15, -0.1) is 0 Å². The minimum atomic E-state index is -3.30. The highest BCUT2D eigenvalue weighted by molar-refractivity contribution is 7.91. The fraction of sp³-hybridized carbons (Fsp3) is 0.154. The van der Waals surface area contributed by atoms with Crippen molar-refractivity contribution in [2.24, 2.45) is 0 Å². The van der Waals surface area contributed by atoms with Crippen LogP contribution in [0.2, 0.25) is 0 Å². The van der Waals surface area contributed by atoms with Gasteiger partial charge < -0.3 is 0 Å². The Labute approximate surface area is 104 Å². The molecule has 0 fully saturated rings. The van der Waals surface area contributed by atoms with Crippen molar-refractivity contribution in [2.75, 3.05) is 5.75 Å². The number of hydrogen-bond acceptors (Lipinski definition) is 3. The number of rotatable bonds is 1. The molecule has 1 aliphatic rings. The molecule has 0 aliphatic carbocycles. The molecule has 0 saturated heterocycles. The van der Waals surface area contributed by atoms with Gasteiger partial charge in [0.15, 0.2) is 9.84 Å². The first kappa shape index (κ1) is 11.2. The van der Waals surface area contributed by atoms with E-state index in [2.05, 4.69) is 0 Å². The molecule has 0 N–H and O–H groups in total. The van der Waals surface area contributed by atoms with E-state index in [1.165, 1.54) is 10.6 Å². The summed E-state index contributed by atoms with van der Waals surface area (Å²) in [6.45, 7) is 0.256. The summed E-state index contributed by atoms with van der Waals surface area (Å²) >= 11 is 0. The lowest BCUT2D eigenvalue weighted by Crippen LogP contribution is -2.18. The van der Waals surface area contributed by atoms with Gasteiger partial charge in [-0.1, -0.05) is 30.3 Å². The average molecular weight is 261 g/mol. The molecular weight excluding hydrogens is 250 g/mol. The van der Waals surface area contributed by atoms with Crippen molar-refractivity contribution in [1.82, 2.24) is 4.57 Å². The molecule has 0 atom stereocenters. The van der Waals surface area contributed by atoms with Crippen LogP contribution in [0.1, 0.15) is 0 Å². The van der Waals surface area contributed by atoms with Crippen LogP contribution in [0.25, 0.3) is 11.1 Å². The van der Waals surface area contributed by atoms with E-state index in [1.807, 2.05) is 30.3 Å². The van der Waals surface area contributed by atoms with Gasteiger partial charge in [0.05, 0.1) is 5.75 Å². The number of sulfone groups is 1. The van der Waals surface area contributed by atoms with E-state index < -0.39 is 9.84 Å². The Balaban J connectivity index is 2.28. The summed E-state index contributed by atoms with van der Waals surface area (Å²) in [4.78, 5) is 11.9. The molecule has 5 heteroatoms. The SMILES string of the molecule is O=c1cc(-c2ccccc2)cc2n1CCS2(=O)=O. The third-order valence-corrected chi connectivity index (χ3v) is 4.79. The molecule has 0 bridgehead atoms. The number of nitrogens with zero attached hydrogens (tertiary/aromatic N) is 1. The summed E-state index contributed by atoms with van der Waals surface area (Å²) in [5, 5.41) is 0.133. The molecule has 1 aliphatic heterocycles. The highest BCUT2D eigenvalue weighted by atomic mass is 32.2. The van der Waals surface area contributed by atoms with Gasteiger partial charge in [-0.3, -0.25) is 9.36 Å². The van der Waals surface area contributed by atoms with Crippen molar-refractivity contribution in [1.29, 1.82) is 0 Å². The second-order valence-corrected chi connectivity index (χ2v) is 6.31. The molecule has 2 heterocycles. The van der Waals surface area contributed by atoms with Gasteiger partial charge in [-0.25, -0.2) is 8.42 Å². The van der Waals surface area contributed by atoms with Gasteiger partial charge in [0.25, 0.3) is 5.56 Å². The summed E-state index contributed by atoms with van der Waals surface area (Å²) < 4.78 is 25.0. The molecule has 1 aromatic carbocycles. The zero-order valence-corrected chi connectivity index (χ0v) is 10.4. The minimum Gasteiger partial charge on any atom is -0.298 e. The van der Waals surface area contributed by atoms with E-state index in [4.69, 9.17) is 0 Å². The van der Waals surface area contributed by atoms with E-state index in [0.29, 0.717) is 5.56 Å². The molecule has 92 valence electrons. The maximum atomic E-state index is 11.9. The van der Waals surface area contributed by atoms with Crippen LogP contribution in [0.15, 0.2) is 52.3 Å². The summed E-state index contributed by atoms with van der Waals surface area (Å²) in [5.41, 5.74) is 1.24. The third-order valence-electron chi connectivity index (χ3n) is 3.10. The summed E-state index contributed by atoms with van der Waals surface area (Å²) in [6.07, 6.45) is 0. The zero-order valence-electron chi connectivity index (χ0n) is 9.54. The molecule has 0 amide bonds. The van der Waals surface area contributed by atoms with Gasteiger partial charge in [-0.2, -0.15) is 0 Å². The van der Waals surface area contributed by atoms with E-state index in [9.17, 15) is 13.2 Å². The standard InChI is InChI=1S/C13H11NO3S/c15-12-8-11(10-4-2-1-3-5-10)9-13-14(12)6-7-18(13,16)17/h1-5,8-9H,6-7H2. The fourth-order valence-electron chi connectivity index (χ4n) is 2.16. The topological polar surface area (TPSA) is 56.1 Å². The van der Waals surface area contributed by atoms with Crippen LogP contribution < -0.4 is 5.56 Å². The molecule has 0 radical (unpaired) electrons. The summed E-state index contributed by atoms with van der Waals surface area (Å²) in [7, 11) is -3.30. The van der Waals surface area contributed by atoms with Gasteiger partial charge in [0.1, 0.15) is 5.03 Å². The first-order valence-electron chi connectivity index (χ1n) is 5.61. The lowest BCUT2D eigenvalue weighted by molar-refractivity contribution is 0.597. The number of fused-ring (bicyclic) bond motifs is 1. The molecule has 0 unspecified atom stereocenters. The molecule has 1 aromatic heterocycles. The number of aromatic nitrogens is 1. The van der Waals surface area contributed by atoms with Gasteiger partial charge in [0.2, 0.25) is 0 Å². The predicted octanol–water partition coefficient (Wildman–Crippen LogP) is 1.30. The average Bonchev–Trinajstić information content (AvgIpc) is 2.67. The van der Waals surface area contributed by atoms with Gasteiger partial charge >= 0.3 is 0 Å². The molecule has 0 saturated carbocycles. The quantitative estimate of drug-likeness (QED) is 0.777. The minimum absolute atomic E-state index is 0.0144. The van der Waals surface area contributed by atoms with Crippen molar-refractivity contribution in [3.05, 3.63) is 52.8 Å². The van der Waals surface area contributed by atoms with Gasteiger partial charge in [-0.05, 0) is 17.2 Å². The zero-order chi connectivity index (χ0) is 12.8. The fourth-order valence-corrected chi connectivity index (χ4v) is 3.62. The lowest BCUT2D eigenvalue weighted by atomic mass is 10.1. The first-order chi connectivity index (χ1) is 8.58. The van der Waals surface area contributed by atoms with Crippen LogP contribution in [-0.4, -0.2) is 18.7 Å². The van der Waals surface area contributed by atoms with Crippen LogP contribution in [0.3, 0.4) is 0 Å². The predicted molar refractivity (Wildman–Crippen MR) is 68.2 cm³/mol. The Morgan fingerprint density at radius 3 is 2.44 bits per heavy atom. The Bertz CT molecular complexity index is 761. The Kier molecular flexibility index (Phi) is 2.38. The molecule has 2 aromatic rings. The molecular formula is C13H11NO3S. The van der Waals surface area contributed by atoms with Crippen molar-refractivity contribution < 1.29 is 8.42 Å². The van der Waals surface area contributed by atoms with Crippen LogP contribution in [0.4, 0.5) is 0 Å². The van der Waals surface area contributed by atoms with E-state index in [1.54, 1.807) is 6.07 Å². The third kappa shape index (κ3) is 1.67. The Morgan fingerprint density at radius 1 is 1.00 bits per heavy atom. The largest absolute Gasteiger partial charge is 0.298 e. The molecule has 4 nitrogen and oxygen atoms in total. The Hall–Kier alpha value is -1.88. The second-order valence-electron chi connectivity index (χ2n) is 4.26. The van der Waals surface area contributed by atoms with Crippen molar-refractivity contribution in [3.63, 3.8) is 0 Å². The second kappa shape index (κ2) is 3.81. The smallest absolute Gasteiger partial charge is 0.252 e. The van der Waals surface area contributed by atoms with Gasteiger partial charge in [0, 0.05) is 12.6 Å². The van der Waals surface area contributed by atoms with Crippen LogP contribution >= 0.6 is 0 Å². The number of pyridine rings is 1. The van der Waals surface area contributed by atoms with Crippen LogP contribution in [0, 0.1) is 0 Å². The molecule has 0 spiro atoms. The van der Waals surface area contributed by atoms with E-state index in [-0.39, 0.29) is 22.9 Å².